The second-order valence-electron chi connectivity index (χ2n) is 6.99. The Hall–Kier alpha value is -2.80. The van der Waals surface area contributed by atoms with Crippen molar-refractivity contribution in [3.05, 3.63) is 53.6 Å². The molecule has 0 aliphatic carbocycles. The predicted octanol–water partition coefficient (Wildman–Crippen LogP) is 3.81. The molecule has 4 rings (SSSR count). The highest BCUT2D eigenvalue weighted by Gasteiger charge is 2.48. The molecular formula is C21H22N2O4S. The Morgan fingerprint density at radius 2 is 2.07 bits per heavy atom. The Bertz CT molecular complexity index is 931. The van der Waals surface area contributed by atoms with Gasteiger partial charge in [0.1, 0.15) is 11.5 Å². The molecule has 28 heavy (non-hydrogen) atoms. The van der Waals surface area contributed by atoms with Crippen LogP contribution in [0.2, 0.25) is 0 Å². The van der Waals surface area contributed by atoms with E-state index in [1.807, 2.05) is 55.1 Å². The molecule has 2 aromatic carbocycles. The molecule has 2 aliphatic heterocycles. The minimum Gasteiger partial charge on any atom is -0.494 e. The first-order valence-corrected chi connectivity index (χ1v) is 9.61. The monoisotopic (exact) mass is 398 g/mol. The number of carbonyl (C=O) groups excluding carboxylic acids is 1. The summed E-state index contributed by atoms with van der Waals surface area (Å²) in [4.78, 5) is 13.9. The summed E-state index contributed by atoms with van der Waals surface area (Å²) in [6.07, 6.45) is 0.679. The number of esters is 1. The number of nitrogens with one attached hydrogen (secondary N) is 1. The zero-order valence-electron chi connectivity index (χ0n) is 16.0. The van der Waals surface area contributed by atoms with Crippen LogP contribution in [0.3, 0.4) is 0 Å². The maximum absolute atomic E-state index is 11.9. The number of rotatable bonds is 4. The average Bonchev–Trinajstić information content (AvgIpc) is 2.68. The zero-order valence-corrected chi connectivity index (χ0v) is 16.8. The zero-order chi connectivity index (χ0) is 19.9. The van der Waals surface area contributed by atoms with Crippen molar-refractivity contribution in [1.82, 2.24) is 5.32 Å². The van der Waals surface area contributed by atoms with Crippen LogP contribution in [-0.2, 0) is 4.74 Å². The molecule has 1 fully saturated rings. The van der Waals surface area contributed by atoms with Gasteiger partial charge in [-0.2, -0.15) is 0 Å². The van der Waals surface area contributed by atoms with Crippen molar-refractivity contribution in [2.75, 3.05) is 18.6 Å². The second-order valence-corrected chi connectivity index (χ2v) is 7.38. The Balaban J connectivity index is 1.68. The predicted molar refractivity (Wildman–Crippen MR) is 110 cm³/mol. The summed E-state index contributed by atoms with van der Waals surface area (Å²) >= 11 is 5.67. The fourth-order valence-electron chi connectivity index (χ4n) is 3.87. The number of anilines is 1. The number of hydrogen-bond acceptors (Lipinski definition) is 5. The largest absolute Gasteiger partial charge is 0.494 e. The topological polar surface area (TPSA) is 60.0 Å². The highest BCUT2D eigenvalue weighted by Crippen LogP contribution is 2.46. The van der Waals surface area contributed by atoms with E-state index in [0.717, 1.165) is 22.7 Å². The number of hydrogen-bond donors (Lipinski definition) is 1. The fraction of sp³-hybridized carbons (Fsp3) is 0.333. The third-order valence-corrected chi connectivity index (χ3v) is 5.40. The lowest BCUT2D eigenvalue weighted by atomic mass is 9.89. The molecule has 0 aromatic heterocycles. The highest BCUT2D eigenvalue weighted by atomic mass is 32.1. The van der Waals surface area contributed by atoms with E-state index in [1.54, 1.807) is 6.07 Å². The van der Waals surface area contributed by atoms with Gasteiger partial charge in [0, 0.05) is 17.7 Å². The summed E-state index contributed by atoms with van der Waals surface area (Å²) in [6, 6.07) is 13.1. The van der Waals surface area contributed by atoms with Crippen LogP contribution in [0.4, 0.5) is 5.69 Å². The van der Waals surface area contributed by atoms with Crippen molar-refractivity contribution in [2.24, 2.45) is 0 Å². The van der Waals surface area contributed by atoms with Crippen LogP contribution in [0.5, 0.6) is 11.5 Å². The molecule has 0 saturated carbocycles. The van der Waals surface area contributed by atoms with Gasteiger partial charge in [0.05, 0.1) is 25.3 Å². The van der Waals surface area contributed by atoms with Gasteiger partial charge in [-0.1, -0.05) is 0 Å². The molecule has 6 nitrogen and oxygen atoms in total. The third kappa shape index (κ3) is 3.05. The molecule has 2 bridgehead atoms. The molecule has 2 aromatic rings. The number of fused-ring (bicyclic) bond motifs is 4. The molecule has 0 unspecified atom stereocenters. The molecule has 146 valence electrons. The molecule has 7 heteroatoms. The second kappa shape index (κ2) is 6.98. The summed E-state index contributed by atoms with van der Waals surface area (Å²) in [5.74, 6) is 1.18. The van der Waals surface area contributed by atoms with Gasteiger partial charge in [0.15, 0.2) is 10.8 Å². The number of thiocarbonyl (C=S) groups is 1. The summed E-state index contributed by atoms with van der Waals surface area (Å²) in [6.45, 7) is 4.61. The highest BCUT2D eigenvalue weighted by molar-refractivity contribution is 7.80. The number of nitrogens with zero attached hydrogens (tertiary/aromatic N) is 1. The van der Waals surface area contributed by atoms with E-state index in [1.165, 1.54) is 7.11 Å². The normalized spacial score (nSPS) is 22.6. The van der Waals surface area contributed by atoms with E-state index in [-0.39, 0.29) is 12.0 Å². The molecule has 1 N–H and O–H groups in total. The lowest BCUT2D eigenvalue weighted by molar-refractivity contribution is 0.0494. The van der Waals surface area contributed by atoms with E-state index in [4.69, 9.17) is 26.4 Å². The van der Waals surface area contributed by atoms with Crippen LogP contribution < -0.4 is 19.7 Å². The lowest BCUT2D eigenvalue weighted by Gasteiger charge is -2.52. The molecule has 2 aliphatic rings. The van der Waals surface area contributed by atoms with E-state index in [2.05, 4.69) is 5.32 Å². The fourth-order valence-corrected chi connectivity index (χ4v) is 4.31. The molecule has 2 heterocycles. The number of methoxy groups -OCH3 is 1. The first kappa shape index (κ1) is 18.6. The Morgan fingerprint density at radius 3 is 2.75 bits per heavy atom. The van der Waals surface area contributed by atoms with Crippen molar-refractivity contribution in [1.29, 1.82) is 0 Å². The van der Waals surface area contributed by atoms with E-state index in [9.17, 15) is 4.79 Å². The van der Waals surface area contributed by atoms with Gasteiger partial charge in [-0.05, 0) is 68.5 Å². The summed E-state index contributed by atoms with van der Waals surface area (Å²) in [5, 5.41) is 3.98. The van der Waals surface area contributed by atoms with Gasteiger partial charge in [0.25, 0.3) is 0 Å². The first-order chi connectivity index (χ1) is 13.4. The van der Waals surface area contributed by atoms with E-state index in [0.29, 0.717) is 23.7 Å². The van der Waals surface area contributed by atoms with Crippen molar-refractivity contribution < 1.29 is 19.0 Å². The minimum atomic E-state index is -0.639. The maximum atomic E-state index is 11.9. The van der Waals surface area contributed by atoms with Gasteiger partial charge < -0.3 is 19.5 Å². The third-order valence-electron chi connectivity index (χ3n) is 5.10. The maximum Gasteiger partial charge on any atom is 0.337 e. The standard InChI is InChI=1S/C21H22N2O4S/c1-4-26-15-8-6-14(7-9-15)23-20(28)22-17-12-21(23,2)27-18-10-5-13(11-16(17)18)19(24)25-3/h5-11,17H,4,12H2,1-3H3,(H,22,28)/t17-,21+/m1/s1. The number of benzene rings is 2. The molecule has 1 saturated heterocycles. The smallest absolute Gasteiger partial charge is 0.337 e. The van der Waals surface area contributed by atoms with Crippen molar-refractivity contribution in [2.45, 2.75) is 32.0 Å². The summed E-state index contributed by atoms with van der Waals surface area (Å²) in [7, 11) is 1.37. The van der Waals surface area contributed by atoms with Gasteiger partial charge in [-0.3, -0.25) is 4.90 Å². The molecule has 2 atom stereocenters. The SMILES string of the molecule is CCOc1ccc(N2C(=S)N[C@@H]3C[C@]2(C)Oc2ccc(C(=O)OC)cc23)cc1. The number of ether oxygens (including phenoxy) is 3. The summed E-state index contributed by atoms with van der Waals surface area (Å²) in [5.41, 5.74) is 1.70. The van der Waals surface area contributed by atoms with Crippen LogP contribution in [-0.4, -0.2) is 30.5 Å². The van der Waals surface area contributed by atoms with Crippen LogP contribution >= 0.6 is 12.2 Å². The van der Waals surface area contributed by atoms with Crippen molar-refractivity contribution in [3.8, 4) is 11.5 Å². The van der Waals surface area contributed by atoms with E-state index >= 15 is 0 Å². The van der Waals surface area contributed by atoms with Crippen LogP contribution in [0.15, 0.2) is 42.5 Å². The van der Waals surface area contributed by atoms with Gasteiger partial charge in [-0.25, -0.2) is 4.79 Å². The Kier molecular flexibility index (Phi) is 4.63. The molecule has 0 radical (unpaired) electrons. The van der Waals surface area contributed by atoms with E-state index < -0.39 is 5.72 Å². The average molecular weight is 398 g/mol. The quantitative estimate of drug-likeness (QED) is 0.621. The van der Waals surface area contributed by atoms with Crippen LogP contribution in [0.1, 0.15) is 42.2 Å². The Labute approximate surface area is 169 Å². The molecule has 0 spiro atoms. The molecular weight excluding hydrogens is 376 g/mol. The van der Waals surface area contributed by atoms with Gasteiger partial charge in [0.2, 0.25) is 0 Å². The minimum absolute atomic E-state index is 0.0372. The van der Waals surface area contributed by atoms with Crippen molar-refractivity contribution >= 4 is 29.0 Å². The first-order valence-electron chi connectivity index (χ1n) is 9.20. The lowest BCUT2D eigenvalue weighted by Crippen LogP contribution is -2.65. The Morgan fingerprint density at radius 1 is 1.32 bits per heavy atom. The summed E-state index contributed by atoms with van der Waals surface area (Å²) < 4.78 is 16.8. The van der Waals surface area contributed by atoms with Crippen molar-refractivity contribution in [3.63, 3.8) is 0 Å². The van der Waals surface area contributed by atoms with Crippen LogP contribution in [0, 0.1) is 0 Å². The van der Waals surface area contributed by atoms with Gasteiger partial charge >= 0.3 is 5.97 Å². The van der Waals surface area contributed by atoms with Crippen LogP contribution in [0.25, 0.3) is 0 Å². The molecule has 0 amide bonds. The van der Waals surface area contributed by atoms with Gasteiger partial charge in [-0.15, -0.1) is 0 Å². The number of carbonyl (C=O) groups is 1.